The Labute approximate surface area is 54.6 Å². The number of hydrogen-bond donors (Lipinski definition) is 0. The molecule has 0 radical (unpaired) electrons. The Hall–Kier alpha value is 1.29. The van der Waals surface area contributed by atoms with E-state index in [0.29, 0.717) is 28.4 Å². The summed E-state index contributed by atoms with van der Waals surface area (Å²) in [5, 5.41) is 0. The van der Waals surface area contributed by atoms with Crippen LogP contribution in [0.1, 0.15) is 0 Å². The molecule has 0 N–H and O–H groups in total. The molecule has 0 spiro atoms. The zero-order valence-corrected chi connectivity index (χ0v) is 8.70. The van der Waals surface area contributed by atoms with Crippen molar-refractivity contribution in [1.82, 2.24) is 0 Å². The molecular formula is C3H3As3. The third-order valence-electron chi connectivity index (χ3n) is 0.404. The second kappa shape index (κ2) is 3.31. The summed E-state index contributed by atoms with van der Waals surface area (Å²) in [5.74, 6) is 0. The third-order valence-corrected chi connectivity index (χ3v) is 14.9. The van der Waals surface area contributed by atoms with E-state index < -0.39 is 0 Å². The number of rotatable bonds is 0. The van der Waals surface area contributed by atoms with E-state index in [4.69, 9.17) is 0 Å². The van der Waals surface area contributed by atoms with E-state index in [1.165, 1.54) is 0 Å². The summed E-state index contributed by atoms with van der Waals surface area (Å²) in [5.41, 5.74) is 0. The number of hydrogen-bond acceptors (Lipinski definition) is 0. The summed E-state index contributed by atoms with van der Waals surface area (Å²) in [6, 6.07) is 0. The molecule has 0 nitrogen and oxygen atoms in total. The molecule has 0 saturated carbocycles. The van der Waals surface area contributed by atoms with Crippen molar-refractivity contribution >= 4 is 45.2 Å². The fourth-order valence-corrected chi connectivity index (χ4v) is 15.7. The first-order valence-corrected chi connectivity index (χ1v) is 11.1. The first kappa shape index (κ1) is 5.42. The van der Waals surface area contributed by atoms with Crippen molar-refractivity contribution in [2.75, 3.05) is 0 Å². The van der Waals surface area contributed by atoms with Crippen molar-refractivity contribution in [3.8, 4) is 0 Å². The SMILES string of the molecule is C1=C[As]=[As]C=[As]1. The van der Waals surface area contributed by atoms with Crippen LogP contribution in [0.25, 0.3) is 0 Å². The third kappa shape index (κ3) is 1.83. The Kier molecular flexibility index (Phi) is 2.99. The minimum absolute atomic E-state index is 0.590. The van der Waals surface area contributed by atoms with Gasteiger partial charge in [-0.2, -0.15) is 0 Å². The van der Waals surface area contributed by atoms with Gasteiger partial charge in [-0.15, -0.1) is 0 Å². The van der Waals surface area contributed by atoms with Crippen molar-refractivity contribution in [3.05, 3.63) is 9.73 Å². The van der Waals surface area contributed by atoms with Crippen LogP contribution >= 0.6 is 0 Å². The Bertz CT molecular complexity index is 75.4. The molecule has 1 rings (SSSR count). The van der Waals surface area contributed by atoms with Crippen molar-refractivity contribution in [3.63, 3.8) is 0 Å². The molecule has 0 atom stereocenters. The molecule has 1 aliphatic rings. The summed E-state index contributed by atoms with van der Waals surface area (Å²) < 4.78 is 2.53. The summed E-state index contributed by atoms with van der Waals surface area (Å²) in [6.07, 6.45) is 0. The molecule has 0 aromatic heterocycles. The standard InChI is InChI=1S/C3H3As3/c1-2-5-6-3-4-1/h1-3H. The predicted octanol–water partition coefficient (Wildman–Crippen LogP) is -0.742. The van der Waals surface area contributed by atoms with Crippen LogP contribution in [0.4, 0.5) is 0 Å². The van der Waals surface area contributed by atoms with Gasteiger partial charge in [-0.3, -0.25) is 0 Å². The van der Waals surface area contributed by atoms with Gasteiger partial charge in [0.1, 0.15) is 0 Å². The van der Waals surface area contributed by atoms with Gasteiger partial charge in [0.25, 0.3) is 0 Å². The van der Waals surface area contributed by atoms with Crippen LogP contribution in [0.5, 0.6) is 0 Å². The first-order chi connectivity index (χ1) is 3.00. The fourth-order valence-electron chi connectivity index (χ4n) is 0.205. The van der Waals surface area contributed by atoms with Crippen molar-refractivity contribution in [2.45, 2.75) is 0 Å². The molecule has 1 aliphatic heterocycles. The second-order valence-corrected chi connectivity index (χ2v) is 11.7. The van der Waals surface area contributed by atoms with Crippen LogP contribution in [0.3, 0.4) is 0 Å². The van der Waals surface area contributed by atoms with Gasteiger partial charge in [-0.1, -0.05) is 0 Å². The molecule has 3 heteroatoms. The van der Waals surface area contributed by atoms with Gasteiger partial charge < -0.3 is 0 Å². The molecule has 0 amide bonds. The molecule has 0 aromatic carbocycles. The minimum atomic E-state index is 0.590. The van der Waals surface area contributed by atoms with E-state index in [2.05, 4.69) is 13.3 Å². The van der Waals surface area contributed by atoms with Crippen LogP contribution in [0.15, 0.2) is 9.73 Å². The zero-order chi connectivity index (χ0) is 4.24. The van der Waals surface area contributed by atoms with Gasteiger partial charge in [0.05, 0.1) is 0 Å². The normalized spacial score (nSPS) is 24.0. The van der Waals surface area contributed by atoms with Gasteiger partial charge in [-0.05, 0) is 0 Å². The Morgan fingerprint density at radius 1 is 1.00 bits per heavy atom. The predicted molar refractivity (Wildman–Crippen MR) is 32.5 cm³/mol. The summed E-state index contributed by atoms with van der Waals surface area (Å²) in [6.45, 7) is 0. The molecule has 0 fully saturated rings. The molecule has 0 bridgehead atoms. The van der Waals surface area contributed by atoms with Gasteiger partial charge >= 0.3 is 54.9 Å². The molecule has 0 saturated heterocycles. The summed E-state index contributed by atoms with van der Waals surface area (Å²) in [7, 11) is 0. The van der Waals surface area contributed by atoms with Gasteiger partial charge in [0.2, 0.25) is 0 Å². The summed E-state index contributed by atoms with van der Waals surface area (Å²) >= 11 is 2.06. The van der Waals surface area contributed by atoms with E-state index in [0.717, 1.165) is 13.1 Å². The fraction of sp³-hybridized carbons (Fsp3) is 0. The Morgan fingerprint density at radius 2 is 2.00 bits per heavy atom. The van der Waals surface area contributed by atoms with Crippen molar-refractivity contribution in [2.24, 2.45) is 0 Å². The maximum atomic E-state index is 2.53. The maximum absolute atomic E-state index is 2.53. The van der Waals surface area contributed by atoms with Crippen molar-refractivity contribution in [1.29, 1.82) is 0 Å². The molecule has 0 aliphatic carbocycles. The van der Waals surface area contributed by atoms with E-state index in [-0.39, 0.29) is 0 Å². The van der Waals surface area contributed by atoms with E-state index in [1.807, 2.05) is 0 Å². The molecule has 30 valence electrons. The second-order valence-electron chi connectivity index (χ2n) is 0.794. The molecule has 0 unspecified atom stereocenters. The zero-order valence-electron chi connectivity index (χ0n) is 3.07. The monoisotopic (exact) mass is 264 g/mol. The van der Waals surface area contributed by atoms with E-state index >= 15 is 0 Å². The van der Waals surface area contributed by atoms with Crippen LogP contribution in [-0.2, 0) is 0 Å². The Morgan fingerprint density at radius 3 is 2.17 bits per heavy atom. The average Bonchev–Trinajstić information content (AvgIpc) is 1.72. The van der Waals surface area contributed by atoms with Gasteiger partial charge in [0.15, 0.2) is 0 Å². The molecular weight excluding hydrogens is 261 g/mol. The Balaban J connectivity index is 2.77. The summed E-state index contributed by atoms with van der Waals surface area (Å²) in [4.78, 5) is 4.78. The average molecular weight is 264 g/mol. The molecule has 0 aromatic rings. The van der Waals surface area contributed by atoms with Crippen LogP contribution < -0.4 is 0 Å². The molecule has 1 heterocycles. The van der Waals surface area contributed by atoms with Crippen LogP contribution in [0.2, 0.25) is 0 Å². The van der Waals surface area contributed by atoms with Crippen molar-refractivity contribution < 1.29 is 0 Å². The van der Waals surface area contributed by atoms with Crippen LogP contribution in [-0.4, -0.2) is 45.2 Å². The van der Waals surface area contributed by atoms with Crippen LogP contribution in [0, 0.1) is 0 Å². The van der Waals surface area contributed by atoms with Gasteiger partial charge in [0, 0.05) is 0 Å². The van der Waals surface area contributed by atoms with E-state index in [9.17, 15) is 0 Å². The quantitative estimate of drug-likeness (QED) is 0.505. The first-order valence-electron chi connectivity index (χ1n) is 1.57. The van der Waals surface area contributed by atoms with E-state index in [1.54, 1.807) is 0 Å². The molecule has 6 heavy (non-hydrogen) atoms. The van der Waals surface area contributed by atoms with Gasteiger partial charge in [-0.25, -0.2) is 0 Å². The topological polar surface area (TPSA) is 0 Å².